The first-order valence-electron chi connectivity index (χ1n) is 3.68. The Bertz CT molecular complexity index is 390. The van der Waals surface area contributed by atoms with Crippen LogP contribution in [0.2, 0.25) is 0 Å². The molecule has 0 aliphatic carbocycles. The predicted molar refractivity (Wildman–Crippen MR) is 49.7 cm³/mol. The third-order valence-electron chi connectivity index (χ3n) is 1.84. The van der Waals surface area contributed by atoms with Gasteiger partial charge in [-0.1, -0.05) is 0 Å². The van der Waals surface area contributed by atoms with Gasteiger partial charge in [-0.15, -0.1) is 0 Å². The van der Waals surface area contributed by atoms with Crippen LogP contribution < -0.4 is 4.59 Å². The number of fused-ring (bicyclic) bond motifs is 1. The molecule has 2 aromatic rings. The summed E-state index contributed by atoms with van der Waals surface area (Å²) in [4.78, 5) is 0. The minimum Gasteiger partial charge on any atom is 0 e. The minimum absolute atomic E-state index is 0. The molecule has 2 radical (unpaired) electrons. The molecule has 2 nitrogen and oxygen atoms in total. The maximum absolute atomic E-state index is 4.03. The summed E-state index contributed by atoms with van der Waals surface area (Å²) in [6, 6.07) is 8.11. The molecule has 0 atom stereocenters. The van der Waals surface area contributed by atoms with Gasteiger partial charge in [-0.3, -0.25) is 0 Å². The fraction of sp³-hybridized carbons (Fsp3) is 0.111. The SMILES string of the molecule is Cc1nnc([Se])c2ccccc12.[Au]. The van der Waals surface area contributed by atoms with Crippen molar-refractivity contribution in [2.45, 2.75) is 6.92 Å². The van der Waals surface area contributed by atoms with Crippen molar-refractivity contribution in [1.82, 2.24) is 10.2 Å². The molecule has 2 rings (SSSR count). The summed E-state index contributed by atoms with van der Waals surface area (Å²) in [5.41, 5.74) is 0.976. The van der Waals surface area contributed by atoms with E-state index in [4.69, 9.17) is 0 Å². The number of aryl methyl sites for hydroxylation is 1. The zero-order valence-electron chi connectivity index (χ0n) is 6.91. The first-order chi connectivity index (χ1) is 5.79. The Morgan fingerprint density at radius 3 is 2.31 bits per heavy atom. The van der Waals surface area contributed by atoms with Crippen LogP contribution >= 0.6 is 0 Å². The number of aromatic nitrogens is 2. The molecule has 0 fully saturated rings. The van der Waals surface area contributed by atoms with Crippen molar-refractivity contribution in [2.24, 2.45) is 0 Å². The van der Waals surface area contributed by atoms with E-state index < -0.39 is 0 Å². The molecule has 0 aliphatic heterocycles. The van der Waals surface area contributed by atoms with Gasteiger partial charge in [-0.2, -0.15) is 0 Å². The van der Waals surface area contributed by atoms with Crippen LogP contribution in [-0.4, -0.2) is 26.2 Å². The molecule has 70 valence electrons. The van der Waals surface area contributed by atoms with Crippen LogP contribution in [0.4, 0.5) is 0 Å². The van der Waals surface area contributed by atoms with E-state index in [0.29, 0.717) is 0 Å². The maximum atomic E-state index is 4.03. The summed E-state index contributed by atoms with van der Waals surface area (Å²) in [6.07, 6.45) is 0. The van der Waals surface area contributed by atoms with E-state index in [2.05, 4.69) is 32.3 Å². The Morgan fingerprint density at radius 1 is 1.08 bits per heavy atom. The van der Waals surface area contributed by atoms with Crippen molar-refractivity contribution in [1.29, 1.82) is 0 Å². The summed E-state index contributed by atoms with van der Waals surface area (Å²) in [5.74, 6) is 0. The average molecular weight is 419 g/mol. The van der Waals surface area contributed by atoms with Crippen molar-refractivity contribution in [3.63, 3.8) is 0 Å². The third-order valence-corrected chi connectivity index (χ3v) is 2.47. The molecule has 0 bridgehead atoms. The Labute approximate surface area is 100 Å². The van der Waals surface area contributed by atoms with Gasteiger partial charge < -0.3 is 0 Å². The maximum Gasteiger partial charge on any atom is 0 e. The van der Waals surface area contributed by atoms with Crippen LogP contribution in [0.15, 0.2) is 24.3 Å². The third kappa shape index (κ3) is 2.01. The molecule has 0 saturated carbocycles. The van der Waals surface area contributed by atoms with Crippen molar-refractivity contribution < 1.29 is 22.4 Å². The molecule has 4 heteroatoms. The molecule has 0 saturated heterocycles. The number of hydrogen-bond donors (Lipinski definition) is 0. The van der Waals surface area contributed by atoms with Gasteiger partial charge in [0.2, 0.25) is 0 Å². The van der Waals surface area contributed by atoms with Crippen LogP contribution in [0, 0.1) is 6.92 Å². The van der Waals surface area contributed by atoms with E-state index in [1.165, 1.54) is 5.39 Å². The molecule has 0 aliphatic rings. The van der Waals surface area contributed by atoms with E-state index in [1.54, 1.807) is 0 Å². The van der Waals surface area contributed by atoms with Crippen LogP contribution in [0.5, 0.6) is 0 Å². The Kier molecular flexibility index (Phi) is 3.65. The van der Waals surface area contributed by atoms with E-state index >= 15 is 0 Å². The topological polar surface area (TPSA) is 25.8 Å². The van der Waals surface area contributed by atoms with Gasteiger partial charge in [0, 0.05) is 22.4 Å². The van der Waals surface area contributed by atoms with Crippen molar-refractivity contribution in [2.75, 3.05) is 0 Å². The normalized spacial score (nSPS) is 9.62. The second-order valence-corrected chi connectivity index (χ2v) is 3.45. The van der Waals surface area contributed by atoms with Crippen LogP contribution in [0.25, 0.3) is 10.8 Å². The zero-order valence-corrected chi connectivity index (χ0v) is 10.8. The van der Waals surface area contributed by atoms with E-state index in [0.717, 1.165) is 15.7 Å². The van der Waals surface area contributed by atoms with Gasteiger partial charge in [0.1, 0.15) is 0 Å². The molecule has 0 N–H and O–H groups in total. The predicted octanol–water partition coefficient (Wildman–Crippen LogP) is 0.730. The second-order valence-electron chi connectivity index (χ2n) is 2.64. The first kappa shape index (κ1) is 10.9. The summed E-state index contributed by atoms with van der Waals surface area (Å²) in [5, 5.41) is 10.3. The van der Waals surface area contributed by atoms with Crippen molar-refractivity contribution in [3.05, 3.63) is 30.0 Å². The van der Waals surface area contributed by atoms with Gasteiger partial charge in [0.05, 0.1) is 0 Å². The number of benzene rings is 1. The monoisotopic (exact) mass is 420 g/mol. The Morgan fingerprint density at radius 2 is 1.69 bits per heavy atom. The smallest absolute Gasteiger partial charge is 0 e. The van der Waals surface area contributed by atoms with Crippen LogP contribution in [-0.2, 0) is 22.4 Å². The number of rotatable bonds is 0. The summed E-state index contributed by atoms with van der Waals surface area (Å²) in [6.45, 7) is 1.97. The molecule has 0 unspecified atom stereocenters. The van der Waals surface area contributed by atoms with Gasteiger partial charge in [0.25, 0.3) is 0 Å². The van der Waals surface area contributed by atoms with Gasteiger partial charge in [0.15, 0.2) is 0 Å². The second kappa shape index (κ2) is 4.36. The van der Waals surface area contributed by atoms with E-state index in [1.807, 2.05) is 25.1 Å². The summed E-state index contributed by atoms with van der Waals surface area (Å²) >= 11 is 2.90. The Hall–Kier alpha value is -0.180. The largest absolute Gasteiger partial charge is 0 e. The molecule has 1 aromatic heterocycles. The molecule has 1 aromatic carbocycles. The molecular weight excluding hydrogens is 412 g/mol. The molecular formula is C9H7AuN2Se. The van der Waals surface area contributed by atoms with Gasteiger partial charge in [-0.05, 0) is 0 Å². The zero-order chi connectivity index (χ0) is 8.55. The van der Waals surface area contributed by atoms with Crippen molar-refractivity contribution in [3.8, 4) is 0 Å². The average Bonchev–Trinajstić information content (AvgIpc) is 2.12. The van der Waals surface area contributed by atoms with Gasteiger partial charge in [-0.25, -0.2) is 0 Å². The van der Waals surface area contributed by atoms with Crippen LogP contribution in [0.3, 0.4) is 0 Å². The van der Waals surface area contributed by atoms with Crippen LogP contribution in [0.1, 0.15) is 5.69 Å². The summed E-state index contributed by atoms with van der Waals surface area (Å²) in [7, 11) is 0. The van der Waals surface area contributed by atoms with E-state index in [-0.39, 0.29) is 22.4 Å². The van der Waals surface area contributed by atoms with E-state index in [9.17, 15) is 0 Å². The molecule has 0 amide bonds. The fourth-order valence-electron chi connectivity index (χ4n) is 1.21. The first-order valence-corrected chi connectivity index (χ1v) is 4.54. The number of nitrogens with zero attached hydrogens (tertiary/aromatic N) is 2. The van der Waals surface area contributed by atoms with Crippen molar-refractivity contribution >= 4 is 31.4 Å². The minimum atomic E-state index is 0. The quantitative estimate of drug-likeness (QED) is 0.589. The molecule has 0 spiro atoms. The molecule has 1 heterocycles. The Balaban J connectivity index is 0.000000845. The standard InChI is InChI=1S/C9H7N2Se.Au/c1-6-7-4-2-3-5-8(7)9(12)11-10-6;/h2-5H,1H3;. The fourth-order valence-corrected chi connectivity index (χ4v) is 1.67. The molecule has 13 heavy (non-hydrogen) atoms. The number of hydrogen-bond acceptors (Lipinski definition) is 2. The van der Waals surface area contributed by atoms with Gasteiger partial charge >= 0.3 is 78.5 Å². The summed E-state index contributed by atoms with van der Waals surface area (Å²) < 4.78 is 0.871.